The number of benzene rings is 1. The Morgan fingerprint density at radius 3 is 2.17 bits per heavy atom. The molecule has 0 aliphatic heterocycles. The molecule has 0 aromatic heterocycles. The molecule has 0 heterocycles. The number of hydrogen-bond donors (Lipinski definition) is 1. The van der Waals surface area contributed by atoms with E-state index in [0.29, 0.717) is 10.6 Å². The third kappa shape index (κ3) is 3.56. The Bertz CT molecular complexity index is 451. The van der Waals surface area contributed by atoms with Crippen molar-refractivity contribution in [2.75, 3.05) is 13.2 Å². The first kappa shape index (κ1) is 15.2. The molecule has 5 nitrogen and oxygen atoms in total. The smallest absolute Gasteiger partial charge is 0.383 e. The average Bonchev–Trinajstić information content (AvgIpc) is 2.33. The fraction of sp³-hybridized carbons (Fsp3) is 0.364. The normalized spacial score (nSPS) is 12.7. The predicted octanol–water partition coefficient (Wildman–Crippen LogP) is 3.74. The lowest BCUT2D eigenvalue weighted by atomic mass is 10.2. The summed E-state index contributed by atoms with van der Waals surface area (Å²) < 4.78 is 22.7. The second-order valence-electron chi connectivity index (χ2n) is 3.26. The number of nitrogens with zero attached hydrogens (tertiary/aromatic N) is 1. The highest BCUT2D eigenvalue weighted by Crippen LogP contribution is 2.51. The van der Waals surface area contributed by atoms with Gasteiger partial charge >= 0.3 is 7.60 Å². The van der Waals surface area contributed by atoms with Crippen molar-refractivity contribution in [2.24, 2.45) is 5.16 Å². The molecule has 1 aromatic rings. The van der Waals surface area contributed by atoms with Gasteiger partial charge in [0.25, 0.3) is 0 Å². The van der Waals surface area contributed by atoms with Gasteiger partial charge in [-0.05, 0) is 26.0 Å². The average molecular weight is 292 g/mol. The second-order valence-corrected chi connectivity index (χ2v) is 5.63. The SMILES string of the molecule is CCOP(=O)(OCC)C(=NO)c1ccc(Cl)cc1. The molecule has 7 heteroatoms. The van der Waals surface area contributed by atoms with E-state index in [1.54, 1.807) is 38.1 Å². The number of oxime groups is 1. The Labute approximate surface area is 111 Å². The fourth-order valence-electron chi connectivity index (χ4n) is 1.37. The zero-order valence-corrected chi connectivity index (χ0v) is 11.8. The molecule has 1 N–H and O–H groups in total. The van der Waals surface area contributed by atoms with Gasteiger partial charge in [0.05, 0.1) is 13.2 Å². The summed E-state index contributed by atoms with van der Waals surface area (Å²) in [5.74, 6) is 0. The molecule has 0 fully saturated rings. The molecule has 0 spiro atoms. The van der Waals surface area contributed by atoms with Gasteiger partial charge in [-0.3, -0.25) is 4.57 Å². The third-order valence-corrected chi connectivity index (χ3v) is 4.37. The van der Waals surface area contributed by atoms with E-state index in [-0.39, 0.29) is 18.7 Å². The maximum absolute atomic E-state index is 12.5. The van der Waals surface area contributed by atoms with Crippen molar-refractivity contribution in [1.29, 1.82) is 0 Å². The molecule has 0 saturated heterocycles. The van der Waals surface area contributed by atoms with Crippen LogP contribution in [0.2, 0.25) is 5.02 Å². The monoisotopic (exact) mass is 291 g/mol. The Morgan fingerprint density at radius 2 is 1.78 bits per heavy atom. The van der Waals surface area contributed by atoms with Crippen LogP contribution < -0.4 is 0 Å². The highest BCUT2D eigenvalue weighted by Gasteiger charge is 2.33. The lowest BCUT2D eigenvalue weighted by Gasteiger charge is -2.17. The van der Waals surface area contributed by atoms with E-state index in [1.165, 1.54) is 0 Å². The van der Waals surface area contributed by atoms with Crippen LogP contribution in [0.3, 0.4) is 0 Å². The molecule has 0 radical (unpaired) electrons. The molecule has 1 rings (SSSR count). The number of rotatable bonds is 6. The summed E-state index contributed by atoms with van der Waals surface area (Å²) in [5, 5.41) is 12.6. The Hall–Kier alpha value is -0.870. The zero-order valence-electron chi connectivity index (χ0n) is 10.2. The van der Waals surface area contributed by atoms with Crippen LogP contribution in [0.25, 0.3) is 0 Å². The largest absolute Gasteiger partial charge is 0.410 e. The van der Waals surface area contributed by atoms with Gasteiger partial charge in [-0.1, -0.05) is 28.9 Å². The molecule has 1 aromatic carbocycles. The van der Waals surface area contributed by atoms with E-state index >= 15 is 0 Å². The highest BCUT2D eigenvalue weighted by atomic mass is 35.5. The molecule has 0 bridgehead atoms. The van der Waals surface area contributed by atoms with Crippen LogP contribution >= 0.6 is 19.2 Å². The summed E-state index contributed by atoms with van der Waals surface area (Å²) in [5.41, 5.74) is 0.315. The topological polar surface area (TPSA) is 68.1 Å². The number of halogens is 1. The minimum atomic E-state index is -3.61. The van der Waals surface area contributed by atoms with E-state index in [0.717, 1.165) is 0 Å². The first-order valence-electron chi connectivity index (χ1n) is 5.45. The van der Waals surface area contributed by atoms with Crippen LogP contribution in [0.5, 0.6) is 0 Å². The molecule has 0 amide bonds. The summed E-state index contributed by atoms with van der Waals surface area (Å²) >= 11 is 5.76. The van der Waals surface area contributed by atoms with Gasteiger partial charge in [-0.25, -0.2) is 0 Å². The van der Waals surface area contributed by atoms with E-state index in [4.69, 9.17) is 25.9 Å². The fourth-order valence-corrected chi connectivity index (χ4v) is 3.07. The van der Waals surface area contributed by atoms with E-state index in [1.807, 2.05) is 0 Å². The van der Waals surface area contributed by atoms with Gasteiger partial charge in [-0.15, -0.1) is 0 Å². The molecular formula is C11H15ClNO4P. The maximum Gasteiger partial charge on any atom is 0.383 e. The van der Waals surface area contributed by atoms with Crippen molar-refractivity contribution in [3.05, 3.63) is 34.9 Å². The van der Waals surface area contributed by atoms with Crippen molar-refractivity contribution in [2.45, 2.75) is 13.8 Å². The lowest BCUT2D eigenvalue weighted by molar-refractivity contribution is 0.230. The second kappa shape index (κ2) is 6.90. The lowest BCUT2D eigenvalue weighted by Crippen LogP contribution is -2.09. The molecular weight excluding hydrogens is 277 g/mol. The van der Waals surface area contributed by atoms with Crippen LogP contribution in [0.4, 0.5) is 0 Å². The summed E-state index contributed by atoms with van der Waals surface area (Å²) in [6.45, 7) is 3.73. The molecule has 100 valence electrons. The Morgan fingerprint density at radius 1 is 1.28 bits per heavy atom. The van der Waals surface area contributed by atoms with Gasteiger partial charge < -0.3 is 14.3 Å². The third-order valence-electron chi connectivity index (χ3n) is 2.05. The summed E-state index contributed by atoms with van der Waals surface area (Å²) in [6.07, 6.45) is 0. The zero-order chi connectivity index (χ0) is 13.6. The van der Waals surface area contributed by atoms with Gasteiger partial charge in [0, 0.05) is 10.6 Å². The van der Waals surface area contributed by atoms with Crippen LogP contribution in [0, 0.1) is 0 Å². The van der Waals surface area contributed by atoms with Crippen LogP contribution in [0.15, 0.2) is 29.4 Å². The highest BCUT2D eigenvalue weighted by molar-refractivity contribution is 7.73. The molecule has 0 unspecified atom stereocenters. The van der Waals surface area contributed by atoms with E-state index < -0.39 is 7.60 Å². The van der Waals surface area contributed by atoms with Crippen LogP contribution in [-0.4, -0.2) is 23.9 Å². The summed E-state index contributed by atoms with van der Waals surface area (Å²) in [7, 11) is -3.61. The van der Waals surface area contributed by atoms with Crippen LogP contribution in [0.1, 0.15) is 19.4 Å². The van der Waals surface area contributed by atoms with E-state index in [2.05, 4.69) is 5.16 Å². The van der Waals surface area contributed by atoms with Crippen molar-refractivity contribution >= 4 is 24.6 Å². The van der Waals surface area contributed by atoms with Gasteiger partial charge in [0.15, 0.2) is 5.45 Å². The van der Waals surface area contributed by atoms with Gasteiger partial charge in [0.2, 0.25) is 0 Å². The van der Waals surface area contributed by atoms with Crippen molar-refractivity contribution < 1.29 is 18.8 Å². The van der Waals surface area contributed by atoms with Crippen molar-refractivity contribution in [1.82, 2.24) is 0 Å². The molecule has 0 aliphatic rings. The first-order valence-corrected chi connectivity index (χ1v) is 7.37. The first-order chi connectivity index (χ1) is 8.57. The Balaban J connectivity index is 3.15. The van der Waals surface area contributed by atoms with Gasteiger partial charge in [-0.2, -0.15) is 0 Å². The number of hydrogen-bond acceptors (Lipinski definition) is 5. The Kier molecular flexibility index (Phi) is 5.82. The van der Waals surface area contributed by atoms with Crippen LogP contribution in [-0.2, 0) is 13.6 Å². The minimum absolute atomic E-state index is 0.122. The molecule has 18 heavy (non-hydrogen) atoms. The quantitative estimate of drug-likeness (QED) is 0.375. The van der Waals surface area contributed by atoms with Gasteiger partial charge in [0.1, 0.15) is 0 Å². The minimum Gasteiger partial charge on any atom is -0.410 e. The standard InChI is InChI=1S/C11H15ClNO4P/c1-3-16-18(15,17-4-2)11(13-14)9-5-7-10(12)8-6-9/h5-8,14H,3-4H2,1-2H3. The maximum atomic E-state index is 12.5. The van der Waals surface area contributed by atoms with Crippen molar-refractivity contribution in [3.63, 3.8) is 0 Å². The van der Waals surface area contributed by atoms with Crippen molar-refractivity contribution in [3.8, 4) is 0 Å². The van der Waals surface area contributed by atoms with E-state index in [9.17, 15) is 4.57 Å². The summed E-state index contributed by atoms with van der Waals surface area (Å²) in [4.78, 5) is 0. The molecule has 0 aliphatic carbocycles. The predicted molar refractivity (Wildman–Crippen MR) is 70.6 cm³/mol. The summed E-state index contributed by atoms with van der Waals surface area (Å²) in [6, 6.07) is 6.37. The molecule has 0 saturated carbocycles. The molecule has 0 atom stereocenters.